The Morgan fingerprint density at radius 2 is 1.81 bits per heavy atom. The van der Waals surface area contributed by atoms with Crippen molar-refractivity contribution >= 4 is 11.6 Å². The van der Waals surface area contributed by atoms with Gasteiger partial charge in [-0.1, -0.05) is 0 Å². The van der Waals surface area contributed by atoms with Gasteiger partial charge in [-0.25, -0.2) is 0 Å². The largest absolute Gasteiger partial charge is 0.493 e. The predicted octanol–water partition coefficient (Wildman–Crippen LogP) is 2.60. The summed E-state index contributed by atoms with van der Waals surface area (Å²) in [7, 11) is 0. The Morgan fingerprint density at radius 1 is 0.952 bits per heavy atom. The van der Waals surface area contributed by atoms with E-state index in [0.29, 0.717) is 23.7 Å². The van der Waals surface area contributed by atoms with Crippen molar-refractivity contribution in [3.05, 3.63) is 47.5 Å². The molecule has 1 N–H and O–H groups in total. The van der Waals surface area contributed by atoms with Crippen molar-refractivity contribution in [1.82, 2.24) is 0 Å². The quantitative estimate of drug-likeness (QED) is 0.920. The molecule has 2 aliphatic rings. The van der Waals surface area contributed by atoms with Crippen LogP contribution in [0.25, 0.3) is 0 Å². The minimum atomic E-state index is -0.174. The molecule has 0 saturated heterocycles. The number of anilines is 1. The second-order valence-electron chi connectivity index (χ2n) is 4.94. The summed E-state index contributed by atoms with van der Waals surface area (Å²) < 4.78 is 16.0. The molecule has 0 radical (unpaired) electrons. The topological polar surface area (TPSA) is 56.8 Å². The van der Waals surface area contributed by atoms with Crippen molar-refractivity contribution in [2.75, 3.05) is 18.7 Å². The Kier molecular flexibility index (Phi) is 2.70. The molecule has 0 atom stereocenters. The average Bonchev–Trinajstić information content (AvgIpc) is 3.14. The number of nitrogens with one attached hydrogen (secondary N) is 1. The molecule has 2 heterocycles. The summed E-state index contributed by atoms with van der Waals surface area (Å²) in [6.45, 7) is 0.903. The summed E-state index contributed by atoms with van der Waals surface area (Å²) in [5, 5.41) is 2.89. The minimum absolute atomic E-state index is 0.174. The number of carbonyl (C=O) groups is 1. The molecule has 2 aliphatic heterocycles. The second-order valence-corrected chi connectivity index (χ2v) is 4.94. The summed E-state index contributed by atoms with van der Waals surface area (Å²) in [6.07, 6.45) is 0.878. The number of hydrogen-bond donors (Lipinski definition) is 1. The fourth-order valence-corrected chi connectivity index (χ4v) is 2.51. The third-order valence-corrected chi connectivity index (χ3v) is 3.58. The first-order chi connectivity index (χ1) is 10.3. The van der Waals surface area contributed by atoms with E-state index in [2.05, 4.69) is 5.32 Å². The predicted molar refractivity (Wildman–Crippen MR) is 76.2 cm³/mol. The Balaban J connectivity index is 1.55. The van der Waals surface area contributed by atoms with E-state index in [1.54, 1.807) is 18.2 Å². The lowest BCUT2D eigenvalue weighted by atomic mass is 10.1. The Hall–Kier alpha value is -2.69. The standard InChI is InChI=1S/C16H13NO4/c18-16(11-1-3-14-15(8-11)21-9-20-14)17-12-2-4-13-10(7-12)5-6-19-13/h1-4,7-8H,5-6,9H2,(H,17,18). The van der Waals surface area contributed by atoms with Crippen LogP contribution in [0.5, 0.6) is 17.2 Å². The van der Waals surface area contributed by atoms with Gasteiger partial charge in [0, 0.05) is 17.7 Å². The van der Waals surface area contributed by atoms with Gasteiger partial charge >= 0.3 is 0 Å². The SMILES string of the molecule is O=C(Nc1ccc2c(c1)CCO2)c1ccc2c(c1)OCO2. The van der Waals surface area contributed by atoms with Crippen molar-refractivity contribution in [1.29, 1.82) is 0 Å². The number of amides is 1. The van der Waals surface area contributed by atoms with Crippen LogP contribution in [0.15, 0.2) is 36.4 Å². The van der Waals surface area contributed by atoms with Crippen LogP contribution in [-0.4, -0.2) is 19.3 Å². The maximum atomic E-state index is 12.3. The van der Waals surface area contributed by atoms with Gasteiger partial charge < -0.3 is 19.5 Å². The molecule has 0 fully saturated rings. The molecule has 106 valence electrons. The highest BCUT2D eigenvalue weighted by molar-refractivity contribution is 6.04. The summed E-state index contributed by atoms with van der Waals surface area (Å²) in [5.74, 6) is 1.99. The average molecular weight is 283 g/mol. The van der Waals surface area contributed by atoms with E-state index in [1.807, 2.05) is 18.2 Å². The van der Waals surface area contributed by atoms with E-state index in [9.17, 15) is 4.79 Å². The molecule has 0 unspecified atom stereocenters. The second kappa shape index (κ2) is 4.70. The normalized spacial score (nSPS) is 14.5. The molecular formula is C16H13NO4. The van der Waals surface area contributed by atoms with Crippen LogP contribution < -0.4 is 19.5 Å². The molecule has 5 heteroatoms. The fourth-order valence-electron chi connectivity index (χ4n) is 2.51. The maximum Gasteiger partial charge on any atom is 0.255 e. The first kappa shape index (κ1) is 12.1. The first-order valence-electron chi connectivity index (χ1n) is 6.76. The molecule has 2 aromatic rings. The Bertz CT molecular complexity index is 726. The van der Waals surface area contributed by atoms with Crippen LogP contribution >= 0.6 is 0 Å². The van der Waals surface area contributed by atoms with Crippen molar-refractivity contribution in [3.63, 3.8) is 0 Å². The lowest BCUT2D eigenvalue weighted by molar-refractivity contribution is 0.102. The molecule has 4 rings (SSSR count). The third-order valence-electron chi connectivity index (χ3n) is 3.58. The number of fused-ring (bicyclic) bond motifs is 2. The van der Waals surface area contributed by atoms with Crippen LogP contribution in [0.3, 0.4) is 0 Å². The Morgan fingerprint density at radius 3 is 2.76 bits per heavy atom. The van der Waals surface area contributed by atoms with Gasteiger partial charge in [0.15, 0.2) is 11.5 Å². The van der Waals surface area contributed by atoms with E-state index >= 15 is 0 Å². The van der Waals surface area contributed by atoms with Crippen LogP contribution in [0.2, 0.25) is 0 Å². The van der Waals surface area contributed by atoms with Crippen LogP contribution in [0, 0.1) is 0 Å². The van der Waals surface area contributed by atoms with Gasteiger partial charge in [-0.15, -0.1) is 0 Å². The molecule has 0 aliphatic carbocycles. The number of rotatable bonds is 2. The van der Waals surface area contributed by atoms with E-state index in [1.165, 1.54) is 0 Å². The van der Waals surface area contributed by atoms with Gasteiger partial charge in [0.05, 0.1) is 6.61 Å². The summed E-state index contributed by atoms with van der Waals surface area (Å²) in [5.41, 5.74) is 2.43. The van der Waals surface area contributed by atoms with Crippen LogP contribution in [0.4, 0.5) is 5.69 Å². The monoisotopic (exact) mass is 283 g/mol. The maximum absolute atomic E-state index is 12.3. The Labute approximate surface area is 121 Å². The van der Waals surface area contributed by atoms with Gasteiger partial charge in [0.2, 0.25) is 6.79 Å². The molecule has 5 nitrogen and oxygen atoms in total. The van der Waals surface area contributed by atoms with E-state index in [-0.39, 0.29) is 12.7 Å². The van der Waals surface area contributed by atoms with Crippen molar-refractivity contribution in [3.8, 4) is 17.2 Å². The molecule has 1 amide bonds. The molecule has 0 saturated carbocycles. The number of benzene rings is 2. The van der Waals surface area contributed by atoms with Gasteiger partial charge in [-0.05, 0) is 42.0 Å². The smallest absolute Gasteiger partial charge is 0.255 e. The van der Waals surface area contributed by atoms with E-state index in [0.717, 1.165) is 23.4 Å². The van der Waals surface area contributed by atoms with E-state index in [4.69, 9.17) is 14.2 Å². The molecule has 21 heavy (non-hydrogen) atoms. The highest BCUT2D eigenvalue weighted by Gasteiger charge is 2.17. The number of hydrogen-bond acceptors (Lipinski definition) is 4. The molecular weight excluding hydrogens is 270 g/mol. The number of carbonyl (C=O) groups excluding carboxylic acids is 1. The lowest BCUT2D eigenvalue weighted by Gasteiger charge is -2.07. The van der Waals surface area contributed by atoms with Gasteiger partial charge in [0.25, 0.3) is 5.91 Å². The zero-order chi connectivity index (χ0) is 14.2. The molecule has 2 aromatic carbocycles. The number of ether oxygens (including phenoxy) is 3. The zero-order valence-electron chi connectivity index (χ0n) is 11.2. The zero-order valence-corrected chi connectivity index (χ0v) is 11.2. The van der Waals surface area contributed by atoms with Crippen molar-refractivity contribution in [2.45, 2.75) is 6.42 Å². The minimum Gasteiger partial charge on any atom is -0.493 e. The fraction of sp³-hybridized carbons (Fsp3) is 0.188. The molecule has 0 bridgehead atoms. The van der Waals surface area contributed by atoms with Crippen molar-refractivity contribution < 1.29 is 19.0 Å². The highest BCUT2D eigenvalue weighted by atomic mass is 16.7. The molecule has 0 spiro atoms. The van der Waals surface area contributed by atoms with Gasteiger partial charge in [-0.2, -0.15) is 0 Å². The summed E-state index contributed by atoms with van der Waals surface area (Å²) in [6, 6.07) is 10.8. The first-order valence-corrected chi connectivity index (χ1v) is 6.76. The van der Waals surface area contributed by atoms with E-state index < -0.39 is 0 Å². The van der Waals surface area contributed by atoms with Crippen molar-refractivity contribution in [2.24, 2.45) is 0 Å². The third kappa shape index (κ3) is 2.16. The molecule has 0 aromatic heterocycles. The lowest BCUT2D eigenvalue weighted by Crippen LogP contribution is -2.11. The van der Waals surface area contributed by atoms with Gasteiger partial charge in [0.1, 0.15) is 5.75 Å². The summed E-state index contributed by atoms with van der Waals surface area (Å²) in [4.78, 5) is 12.3. The summed E-state index contributed by atoms with van der Waals surface area (Å²) >= 11 is 0. The van der Waals surface area contributed by atoms with Crippen LogP contribution in [0.1, 0.15) is 15.9 Å². The highest BCUT2D eigenvalue weighted by Crippen LogP contribution is 2.33. The van der Waals surface area contributed by atoms with Crippen LogP contribution in [-0.2, 0) is 6.42 Å². The van der Waals surface area contributed by atoms with Gasteiger partial charge in [-0.3, -0.25) is 4.79 Å².